The van der Waals surface area contributed by atoms with Gasteiger partial charge in [0.05, 0.1) is 11.3 Å². The number of non-ortho nitro benzene ring substituents is 1. The number of hydrogen-bond acceptors (Lipinski definition) is 4. The summed E-state index contributed by atoms with van der Waals surface area (Å²) in [5.41, 5.74) is 1.43. The second-order valence-corrected chi connectivity index (χ2v) is 7.17. The molecule has 4 rings (SSSR count). The van der Waals surface area contributed by atoms with Gasteiger partial charge in [-0.3, -0.25) is 19.7 Å². The Kier molecular flexibility index (Phi) is 5.62. The van der Waals surface area contributed by atoms with Gasteiger partial charge in [0.25, 0.3) is 5.69 Å². The Labute approximate surface area is 178 Å². The third kappa shape index (κ3) is 4.38. The number of pyridine rings is 1. The van der Waals surface area contributed by atoms with Crippen molar-refractivity contribution in [1.29, 1.82) is 0 Å². The van der Waals surface area contributed by atoms with Crippen LogP contribution < -0.4 is 4.57 Å². The van der Waals surface area contributed by atoms with Crippen molar-refractivity contribution in [3.63, 3.8) is 0 Å². The molecular formula is C25H19N2O4+. The van der Waals surface area contributed by atoms with Crippen molar-refractivity contribution in [3.8, 4) is 0 Å². The predicted octanol–water partition coefficient (Wildman–Crippen LogP) is 4.34. The molecule has 0 saturated carbocycles. The molecule has 31 heavy (non-hydrogen) atoms. The molecule has 6 nitrogen and oxygen atoms in total. The molecule has 0 unspecified atom stereocenters. The van der Waals surface area contributed by atoms with Gasteiger partial charge in [0.1, 0.15) is 0 Å². The van der Waals surface area contributed by atoms with E-state index in [0.29, 0.717) is 11.3 Å². The quantitative estimate of drug-likeness (QED) is 0.196. The molecule has 0 saturated heterocycles. The molecule has 0 N–H and O–H groups in total. The normalized spacial score (nSPS) is 10.7. The molecular weight excluding hydrogens is 392 g/mol. The maximum atomic E-state index is 13.0. The predicted molar refractivity (Wildman–Crippen MR) is 116 cm³/mol. The summed E-state index contributed by atoms with van der Waals surface area (Å²) in [6, 6.07) is 24.3. The van der Waals surface area contributed by atoms with Crippen LogP contribution in [-0.4, -0.2) is 16.5 Å². The Morgan fingerprint density at radius 2 is 1.52 bits per heavy atom. The first-order valence-corrected chi connectivity index (χ1v) is 9.79. The minimum atomic E-state index is -0.520. The van der Waals surface area contributed by atoms with Crippen LogP contribution in [0.3, 0.4) is 0 Å². The summed E-state index contributed by atoms with van der Waals surface area (Å²) in [5, 5.41) is 12.9. The highest BCUT2D eigenvalue weighted by atomic mass is 16.6. The smallest absolute Gasteiger partial charge is 0.270 e. The van der Waals surface area contributed by atoms with Gasteiger partial charge in [0.15, 0.2) is 17.7 Å². The molecule has 4 aromatic rings. The van der Waals surface area contributed by atoms with Crippen molar-refractivity contribution in [2.75, 3.05) is 0 Å². The molecule has 0 bridgehead atoms. The van der Waals surface area contributed by atoms with Crippen LogP contribution in [-0.2, 0) is 13.0 Å². The lowest BCUT2D eigenvalue weighted by molar-refractivity contribution is -0.688. The van der Waals surface area contributed by atoms with Crippen molar-refractivity contribution >= 4 is 28.0 Å². The van der Waals surface area contributed by atoms with E-state index in [9.17, 15) is 19.7 Å². The first-order valence-electron chi connectivity index (χ1n) is 9.79. The number of fused-ring (bicyclic) bond motifs is 1. The summed E-state index contributed by atoms with van der Waals surface area (Å²) in [6.45, 7) is 0.0897. The summed E-state index contributed by atoms with van der Waals surface area (Å²) < 4.78 is 1.78. The van der Waals surface area contributed by atoms with E-state index in [-0.39, 0.29) is 35.8 Å². The molecule has 0 atom stereocenters. The number of hydrogen-bond donors (Lipinski definition) is 0. The zero-order chi connectivity index (χ0) is 21.8. The molecule has 0 radical (unpaired) electrons. The average Bonchev–Trinajstić information content (AvgIpc) is 2.81. The van der Waals surface area contributed by atoms with E-state index >= 15 is 0 Å². The van der Waals surface area contributed by atoms with E-state index in [1.807, 2.05) is 48.5 Å². The van der Waals surface area contributed by atoms with Gasteiger partial charge in [-0.2, -0.15) is 4.57 Å². The van der Waals surface area contributed by atoms with Gasteiger partial charge in [0.2, 0.25) is 12.3 Å². The lowest BCUT2D eigenvalue weighted by Gasteiger charge is -2.08. The highest BCUT2D eigenvalue weighted by Crippen LogP contribution is 2.19. The number of Topliss-reactive ketones (excluding diaryl/α,β-unsaturated/α-hetero) is 2. The molecule has 1 aromatic heterocycles. The van der Waals surface area contributed by atoms with Gasteiger partial charge in [-0.05, 0) is 11.5 Å². The van der Waals surface area contributed by atoms with Crippen LogP contribution in [0.4, 0.5) is 5.69 Å². The molecule has 0 aliphatic carbocycles. The van der Waals surface area contributed by atoms with Crippen LogP contribution in [0.2, 0.25) is 0 Å². The number of nitrogens with zero attached hydrogens (tertiary/aromatic N) is 2. The fourth-order valence-electron chi connectivity index (χ4n) is 3.58. The topological polar surface area (TPSA) is 81.2 Å². The second kappa shape index (κ2) is 8.67. The summed E-state index contributed by atoms with van der Waals surface area (Å²) in [6.07, 6.45) is 1.82. The maximum Gasteiger partial charge on any atom is 0.270 e. The van der Waals surface area contributed by atoms with Gasteiger partial charge >= 0.3 is 0 Å². The number of carbonyl (C=O) groups is 2. The third-order valence-electron chi connectivity index (χ3n) is 5.17. The van der Waals surface area contributed by atoms with Crippen LogP contribution in [0.5, 0.6) is 0 Å². The Hall–Kier alpha value is -4.19. The number of nitro benzene ring substituents is 1. The van der Waals surface area contributed by atoms with Gasteiger partial charge in [-0.1, -0.05) is 60.7 Å². The molecule has 0 aliphatic rings. The molecule has 6 heteroatoms. The van der Waals surface area contributed by atoms with Crippen molar-refractivity contribution in [2.24, 2.45) is 0 Å². The monoisotopic (exact) mass is 411 g/mol. The first kappa shape index (κ1) is 20.1. The van der Waals surface area contributed by atoms with Gasteiger partial charge in [-0.15, -0.1) is 0 Å². The SMILES string of the molecule is O=C(Cc1c2ccccc2cc[n+]1CC(=O)c1ccccc1)c1cccc([N+](=O)[O-])c1. The molecule has 3 aromatic carbocycles. The number of nitro groups is 1. The molecule has 152 valence electrons. The summed E-state index contributed by atoms with van der Waals surface area (Å²) in [4.78, 5) is 36.4. The van der Waals surface area contributed by atoms with E-state index in [1.165, 1.54) is 18.2 Å². The summed E-state index contributed by atoms with van der Waals surface area (Å²) in [7, 11) is 0. The van der Waals surface area contributed by atoms with Crippen LogP contribution in [0, 0.1) is 10.1 Å². The van der Waals surface area contributed by atoms with Gasteiger partial charge < -0.3 is 0 Å². The zero-order valence-electron chi connectivity index (χ0n) is 16.6. The molecule has 0 fully saturated rings. The standard InChI is InChI=1S/C25H19N2O4/c28-24(20-10-6-11-21(15-20)27(30)31)16-23-22-12-5-4-7-18(22)13-14-26(23)17-25(29)19-8-2-1-3-9-19/h1-15H,16-17H2/q+1. The Balaban J connectivity index is 1.72. The molecule has 0 aliphatic heterocycles. The minimum Gasteiger partial charge on any atom is -0.294 e. The number of ketones is 2. The van der Waals surface area contributed by atoms with E-state index in [2.05, 4.69) is 0 Å². The first-order chi connectivity index (χ1) is 15.0. The van der Waals surface area contributed by atoms with E-state index in [4.69, 9.17) is 0 Å². The van der Waals surface area contributed by atoms with Crippen molar-refractivity contribution in [1.82, 2.24) is 0 Å². The fourth-order valence-corrected chi connectivity index (χ4v) is 3.58. The van der Waals surface area contributed by atoms with Crippen molar-refractivity contribution in [2.45, 2.75) is 13.0 Å². The molecule has 0 amide bonds. The van der Waals surface area contributed by atoms with Gasteiger partial charge in [0, 0.05) is 34.7 Å². The van der Waals surface area contributed by atoms with Crippen LogP contribution >= 0.6 is 0 Å². The lowest BCUT2D eigenvalue weighted by Crippen LogP contribution is -2.42. The Morgan fingerprint density at radius 1 is 0.806 bits per heavy atom. The van der Waals surface area contributed by atoms with Crippen molar-refractivity contribution < 1.29 is 19.1 Å². The number of benzene rings is 3. The van der Waals surface area contributed by atoms with E-state index in [0.717, 1.165) is 10.8 Å². The number of aromatic nitrogens is 1. The summed E-state index contributed by atoms with van der Waals surface area (Å²) >= 11 is 0. The third-order valence-corrected chi connectivity index (χ3v) is 5.17. The largest absolute Gasteiger partial charge is 0.294 e. The highest BCUT2D eigenvalue weighted by Gasteiger charge is 2.23. The average molecular weight is 411 g/mol. The van der Waals surface area contributed by atoms with Crippen LogP contribution in [0.15, 0.2) is 91.1 Å². The lowest BCUT2D eigenvalue weighted by atomic mass is 10.0. The molecule has 1 heterocycles. The number of rotatable bonds is 7. The van der Waals surface area contributed by atoms with Crippen molar-refractivity contribution in [3.05, 3.63) is 118 Å². The maximum absolute atomic E-state index is 13.0. The Bertz CT molecular complexity index is 1300. The minimum absolute atomic E-state index is 0.0184. The Morgan fingerprint density at radius 3 is 2.29 bits per heavy atom. The van der Waals surface area contributed by atoms with E-state index < -0.39 is 4.92 Å². The van der Waals surface area contributed by atoms with Crippen LogP contribution in [0.25, 0.3) is 10.8 Å². The van der Waals surface area contributed by atoms with Crippen LogP contribution in [0.1, 0.15) is 26.4 Å². The summed E-state index contributed by atoms with van der Waals surface area (Å²) in [5.74, 6) is -0.314. The fraction of sp³-hybridized carbons (Fsp3) is 0.0800. The second-order valence-electron chi connectivity index (χ2n) is 7.17. The van der Waals surface area contributed by atoms with E-state index in [1.54, 1.807) is 29.0 Å². The highest BCUT2D eigenvalue weighted by molar-refractivity contribution is 6.00. The molecule has 0 spiro atoms. The number of carbonyl (C=O) groups excluding carboxylic acids is 2. The zero-order valence-corrected chi connectivity index (χ0v) is 16.6. The van der Waals surface area contributed by atoms with Gasteiger partial charge in [-0.25, -0.2) is 0 Å².